The Morgan fingerprint density at radius 1 is 0.952 bits per heavy atom. The summed E-state index contributed by atoms with van der Waals surface area (Å²) < 4.78 is 0. The summed E-state index contributed by atoms with van der Waals surface area (Å²) in [7, 11) is 0. The molecule has 0 saturated heterocycles. The summed E-state index contributed by atoms with van der Waals surface area (Å²) in [6, 6.07) is 0. The lowest BCUT2D eigenvalue weighted by Gasteiger charge is -2.55. The number of allylic oxidation sites excluding steroid dienone is 2. The van der Waals surface area contributed by atoms with E-state index in [1.54, 1.807) is 0 Å². The third-order valence-corrected chi connectivity index (χ3v) is 6.93. The first-order chi connectivity index (χ1) is 9.78. The molecule has 0 spiro atoms. The van der Waals surface area contributed by atoms with Gasteiger partial charge in [-0.05, 0) is 60.7 Å². The molecule has 2 aliphatic rings. The minimum Gasteiger partial charge on any atom is -0.0788 e. The van der Waals surface area contributed by atoms with E-state index < -0.39 is 0 Å². The molecule has 0 nitrogen and oxygen atoms in total. The third kappa shape index (κ3) is 3.10. The van der Waals surface area contributed by atoms with Gasteiger partial charge in [0, 0.05) is 0 Å². The van der Waals surface area contributed by atoms with E-state index in [-0.39, 0.29) is 0 Å². The lowest BCUT2D eigenvalue weighted by Crippen LogP contribution is -2.45. The van der Waals surface area contributed by atoms with Gasteiger partial charge in [-0.2, -0.15) is 0 Å². The van der Waals surface area contributed by atoms with Crippen LogP contribution in [-0.2, 0) is 0 Å². The van der Waals surface area contributed by atoms with Crippen LogP contribution in [0.4, 0.5) is 0 Å². The predicted molar refractivity (Wildman–Crippen MR) is 94.5 cm³/mol. The van der Waals surface area contributed by atoms with Gasteiger partial charge in [0.1, 0.15) is 0 Å². The van der Waals surface area contributed by atoms with E-state index in [4.69, 9.17) is 0 Å². The average Bonchev–Trinajstić information content (AvgIpc) is 2.54. The first-order valence-electron chi connectivity index (χ1n) is 9.51. The van der Waals surface area contributed by atoms with Gasteiger partial charge in [-0.15, -0.1) is 0 Å². The summed E-state index contributed by atoms with van der Waals surface area (Å²) in [6.07, 6.45) is 15.3. The highest BCUT2D eigenvalue weighted by atomic mass is 14.6. The van der Waals surface area contributed by atoms with E-state index >= 15 is 0 Å². The summed E-state index contributed by atoms with van der Waals surface area (Å²) >= 11 is 0. The van der Waals surface area contributed by atoms with E-state index in [2.05, 4.69) is 47.6 Å². The van der Waals surface area contributed by atoms with Crippen LogP contribution in [0, 0.1) is 22.2 Å². The normalized spacial score (nSPS) is 39.3. The summed E-state index contributed by atoms with van der Waals surface area (Å²) in [4.78, 5) is 0. The standard InChI is InChI=1S/C21H38/c1-7-12-20(5)15-11-17-10-9-14-19(3,4)16-18(17)21(20,6)13-8-2/h16-17H,7-15H2,1-6H3. The number of fused-ring (bicyclic) bond motifs is 1. The molecule has 0 heteroatoms. The molecule has 2 aliphatic carbocycles. The van der Waals surface area contributed by atoms with Crippen molar-refractivity contribution in [2.75, 3.05) is 0 Å². The van der Waals surface area contributed by atoms with E-state index in [0.29, 0.717) is 16.2 Å². The van der Waals surface area contributed by atoms with Gasteiger partial charge < -0.3 is 0 Å². The lowest BCUT2D eigenvalue weighted by molar-refractivity contribution is 0.0272. The van der Waals surface area contributed by atoms with Gasteiger partial charge in [-0.3, -0.25) is 0 Å². The number of hydrogen-bond donors (Lipinski definition) is 0. The Morgan fingerprint density at radius 3 is 2.24 bits per heavy atom. The zero-order chi connectivity index (χ0) is 15.7. The van der Waals surface area contributed by atoms with Gasteiger partial charge in [0.05, 0.1) is 0 Å². The minimum absolute atomic E-state index is 0.406. The van der Waals surface area contributed by atoms with Crippen molar-refractivity contribution >= 4 is 0 Å². The Labute approximate surface area is 133 Å². The molecule has 3 atom stereocenters. The van der Waals surface area contributed by atoms with Crippen LogP contribution in [0.3, 0.4) is 0 Å². The molecule has 0 amide bonds. The number of rotatable bonds is 4. The fourth-order valence-electron chi connectivity index (χ4n) is 5.50. The molecular weight excluding hydrogens is 252 g/mol. The van der Waals surface area contributed by atoms with Crippen molar-refractivity contribution in [3.05, 3.63) is 11.6 Å². The molecule has 0 aromatic rings. The lowest BCUT2D eigenvalue weighted by atomic mass is 9.49. The van der Waals surface area contributed by atoms with Crippen LogP contribution in [0.5, 0.6) is 0 Å². The molecule has 21 heavy (non-hydrogen) atoms. The maximum atomic E-state index is 2.73. The minimum atomic E-state index is 0.406. The predicted octanol–water partition coefficient (Wildman–Crippen LogP) is 7.15. The van der Waals surface area contributed by atoms with Crippen LogP contribution in [-0.4, -0.2) is 0 Å². The second kappa shape index (κ2) is 6.09. The molecule has 1 saturated carbocycles. The highest BCUT2D eigenvalue weighted by Gasteiger charge is 2.51. The highest BCUT2D eigenvalue weighted by Crippen LogP contribution is 2.61. The molecule has 0 aliphatic heterocycles. The van der Waals surface area contributed by atoms with Crippen LogP contribution in [0.1, 0.15) is 99.3 Å². The van der Waals surface area contributed by atoms with Gasteiger partial charge in [0.2, 0.25) is 0 Å². The van der Waals surface area contributed by atoms with Crippen LogP contribution >= 0.6 is 0 Å². The van der Waals surface area contributed by atoms with E-state index in [9.17, 15) is 0 Å². The summed E-state index contributed by atoms with van der Waals surface area (Å²) in [5.74, 6) is 0.883. The van der Waals surface area contributed by atoms with Crippen molar-refractivity contribution in [1.82, 2.24) is 0 Å². The summed E-state index contributed by atoms with van der Waals surface area (Å²) in [6.45, 7) is 14.9. The van der Waals surface area contributed by atoms with Crippen LogP contribution in [0.2, 0.25) is 0 Å². The molecule has 0 heterocycles. The molecule has 2 rings (SSSR count). The Hall–Kier alpha value is -0.260. The van der Waals surface area contributed by atoms with Crippen molar-refractivity contribution in [2.45, 2.75) is 99.3 Å². The topological polar surface area (TPSA) is 0 Å². The molecule has 0 aromatic carbocycles. The zero-order valence-electron chi connectivity index (χ0n) is 15.5. The maximum Gasteiger partial charge on any atom is -0.00598 e. The van der Waals surface area contributed by atoms with Gasteiger partial charge in [-0.25, -0.2) is 0 Å². The second-order valence-electron chi connectivity index (χ2n) is 9.11. The molecule has 0 bridgehead atoms. The van der Waals surface area contributed by atoms with Crippen molar-refractivity contribution in [3.8, 4) is 0 Å². The first kappa shape index (κ1) is 17.1. The van der Waals surface area contributed by atoms with Crippen molar-refractivity contribution in [2.24, 2.45) is 22.2 Å². The fraction of sp³-hybridized carbons (Fsp3) is 0.905. The molecular formula is C21H38. The van der Waals surface area contributed by atoms with E-state index in [1.807, 2.05) is 5.57 Å². The van der Waals surface area contributed by atoms with Crippen molar-refractivity contribution < 1.29 is 0 Å². The molecule has 3 unspecified atom stereocenters. The monoisotopic (exact) mass is 290 g/mol. The van der Waals surface area contributed by atoms with Crippen LogP contribution in [0.15, 0.2) is 11.6 Å². The fourth-order valence-corrected chi connectivity index (χ4v) is 5.50. The SMILES string of the molecule is CCCC1(C)CCC2CCCC(C)(C)C=C2C1(C)CCC. The van der Waals surface area contributed by atoms with E-state index in [0.717, 1.165) is 5.92 Å². The van der Waals surface area contributed by atoms with Crippen molar-refractivity contribution in [1.29, 1.82) is 0 Å². The Morgan fingerprint density at radius 2 is 1.62 bits per heavy atom. The summed E-state index contributed by atoms with van der Waals surface area (Å²) in [5, 5.41) is 0. The number of hydrogen-bond acceptors (Lipinski definition) is 0. The first-order valence-corrected chi connectivity index (χ1v) is 9.51. The van der Waals surface area contributed by atoms with Gasteiger partial charge >= 0.3 is 0 Å². The zero-order valence-corrected chi connectivity index (χ0v) is 15.5. The van der Waals surface area contributed by atoms with Crippen LogP contribution in [0.25, 0.3) is 0 Å². The van der Waals surface area contributed by atoms with Gasteiger partial charge in [-0.1, -0.05) is 72.5 Å². The Bertz CT molecular complexity index is 389. The molecule has 0 radical (unpaired) electrons. The Kier molecular flexibility index (Phi) is 4.96. The molecule has 0 N–H and O–H groups in total. The Balaban J connectivity index is 2.48. The third-order valence-electron chi connectivity index (χ3n) is 6.93. The van der Waals surface area contributed by atoms with Crippen LogP contribution < -0.4 is 0 Å². The van der Waals surface area contributed by atoms with E-state index in [1.165, 1.54) is 57.8 Å². The largest absolute Gasteiger partial charge is 0.0788 e. The van der Waals surface area contributed by atoms with Crippen molar-refractivity contribution in [3.63, 3.8) is 0 Å². The molecule has 0 aromatic heterocycles. The summed E-state index contributed by atoms with van der Waals surface area (Å²) in [5.41, 5.74) is 3.21. The average molecular weight is 291 g/mol. The van der Waals surface area contributed by atoms with Gasteiger partial charge in [0.15, 0.2) is 0 Å². The molecule has 1 fully saturated rings. The molecule has 122 valence electrons. The quantitative estimate of drug-likeness (QED) is 0.482. The van der Waals surface area contributed by atoms with Gasteiger partial charge in [0.25, 0.3) is 0 Å². The maximum absolute atomic E-state index is 2.73. The smallest absolute Gasteiger partial charge is 0.00598 e. The highest BCUT2D eigenvalue weighted by molar-refractivity contribution is 5.27. The second-order valence-corrected chi connectivity index (χ2v) is 9.11.